The number of nitrogens with one attached hydrogen (secondary N) is 2. The Hall–Kier alpha value is -1.56. The molecule has 1 atom stereocenters. The predicted molar refractivity (Wildman–Crippen MR) is 72.1 cm³/mol. The maximum absolute atomic E-state index is 12.0. The SMILES string of the molecule is Nc1ccc(C(=O)NC2CCC(=O)NC2)cc1Br. The van der Waals surface area contributed by atoms with Crippen LogP contribution in [0, 0.1) is 0 Å². The fourth-order valence-corrected chi connectivity index (χ4v) is 2.17. The summed E-state index contributed by atoms with van der Waals surface area (Å²) in [5, 5.41) is 5.61. The number of hydrogen-bond acceptors (Lipinski definition) is 3. The summed E-state index contributed by atoms with van der Waals surface area (Å²) in [5.74, 6) is -0.118. The molecule has 1 aliphatic heterocycles. The van der Waals surface area contributed by atoms with Crippen LogP contribution in [0.4, 0.5) is 5.69 Å². The summed E-state index contributed by atoms with van der Waals surface area (Å²) in [6, 6.07) is 5.04. The van der Waals surface area contributed by atoms with Gasteiger partial charge < -0.3 is 16.4 Å². The summed E-state index contributed by atoms with van der Waals surface area (Å²) >= 11 is 3.29. The minimum absolute atomic E-state index is 0.00784. The molecule has 2 amide bonds. The van der Waals surface area contributed by atoms with Crippen LogP contribution in [0.3, 0.4) is 0 Å². The molecule has 1 aliphatic rings. The number of halogens is 1. The van der Waals surface area contributed by atoms with Crippen molar-refractivity contribution in [2.24, 2.45) is 0 Å². The maximum Gasteiger partial charge on any atom is 0.251 e. The Morgan fingerprint density at radius 3 is 2.89 bits per heavy atom. The van der Waals surface area contributed by atoms with Gasteiger partial charge in [-0.2, -0.15) is 0 Å². The highest BCUT2D eigenvalue weighted by Gasteiger charge is 2.20. The van der Waals surface area contributed by atoms with E-state index >= 15 is 0 Å². The fraction of sp³-hybridized carbons (Fsp3) is 0.333. The lowest BCUT2D eigenvalue weighted by molar-refractivity contribution is -0.122. The van der Waals surface area contributed by atoms with Crippen LogP contribution in [0.15, 0.2) is 22.7 Å². The zero-order valence-electron chi connectivity index (χ0n) is 9.70. The molecule has 2 rings (SSSR count). The van der Waals surface area contributed by atoms with Crippen LogP contribution in [-0.2, 0) is 4.79 Å². The number of nitrogens with two attached hydrogens (primary N) is 1. The average molecular weight is 312 g/mol. The smallest absolute Gasteiger partial charge is 0.251 e. The number of piperidine rings is 1. The maximum atomic E-state index is 12.0. The second-order valence-corrected chi connectivity index (χ2v) is 5.10. The highest BCUT2D eigenvalue weighted by atomic mass is 79.9. The minimum Gasteiger partial charge on any atom is -0.398 e. The average Bonchev–Trinajstić information content (AvgIpc) is 2.35. The number of carbonyl (C=O) groups excluding carboxylic acids is 2. The number of rotatable bonds is 2. The minimum atomic E-state index is -0.156. The molecule has 18 heavy (non-hydrogen) atoms. The Kier molecular flexibility index (Phi) is 3.86. The zero-order valence-corrected chi connectivity index (χ0v) is 11.3. The van der Waals surface area contributed by atoms with Crippen molar-refractivity contribution in [1.82, 2.24) is 10.6 Å². The van der Waals surface area contributed by atoms with Crippen LogP contribution in [0.2, 0.25) is 0 Å². The van der Waals surface area contributed by atoms with Crippen LogP contribution >= 0.6 is 15.9 Å². The summed E-state index contributed by atoms with van der Waals surface area (Å²) in [6.07, 6.45) is 1.13. The van der Waals surface area contributed by atoms with Gasteiger partial charge in [0, 0.05) is 34.7 Å². The second kappa shape index (κ2) is 5.39. The molecule has 0 aliphatic carbocycles. The van der Waals surface area contributed by atoms with Gasteiger partial charge in [0.25, 0.3) is 5.91 Å². The van der Waals surface area contributed by atoms with E-state index in [1.54, 1.807) is 18.2 Å². The Bertz CT molecular complexity index is 480. The van der Waals surface area contributed by atoms with Gasteiger partial charge in [0.1, 0.15) is 0 Å². The molecule has 96 valence electrons. The quantitative estimate of drug-likeness (QED) is 0.714. The van der Waals surface area contributed by atoms with Gasteiger partial charge in [-0.25, -0.2) is 0 Å². The molecule has 5 nitrogen and oxygen atoms in total. The third kappa shape index (κ3) is 3.01. The van der Waals surface area contributed by atoms with E-state index in [2.05, 4.69) is 26.6 Å². The van der Waals surface area contributed by atoms with Gasteiger partial charge >= 0.3 is 0 Å². The molecular formula is C12H14BrN3O2. The van der Waals surface area contributed by atoms with Crippen LogP contribution < -0.4 is 16.4 Å². The van der Waals surface area contributed by atoms with Crippen molar-refractivity contribution in [3.63, 3.8) is 0 Å². The van der Waals surface area contributed by atoms with E-state index in [1.165, 1.54) is 0 Å². The number of hydrogen-bond donors (Lipinski definition) is 3. The second-order valence-electron chi connectivity index (χ2n) is 4.25. The molecule has 0 bridgehead atoms. The highest BCUT2D eigenvalue weighted by molar-refractivity contribution is 9.10. The van der Waals surface area contributed by atoms with Crippen molar-refractivity contribution in [3.8, 4) is 0 Å². The Morgan fingerprint density at radius 2 is 2.28 bits per heavy atom. The number of benzene rings is 1. The molecule has 6 heteroatoms. The van der Waals surface area contributed by atoms with Gasteiger partial charge in [-0.15, -0.1) is 0 Å². The van der Waals surface area contributed by atoms with Crippen molar-refractivity contribution in [2.45, 2.75) is 18.9 Å². The van der Waals surface area contributed by atoms with Gasteiger partial charge in [-0.3, -0.25) is 9.59 Å². The monoisotopic (exact) mass is 311 g/mol. The third-order valence-corrected chi connectivity index (χ3v) is 3.55. The zero-order chi connectivity index (χ0) is 13.1. The fourth-order valence-electron chi connectivity index (χ4n) is 1.79. The van der Waals surface area contributed by atoms with Crippen molar-refractivity contribution >= 4 is 33.4 Å². The summed E-state index contributed by atoms with van der Waals surface area (Å²) in [5.41, 5.74) is 6.81. The van der Waals surface area contributed by atoms with Crippen LogP contribution in [0.1, 0.15) is 23.2 Å². The van der Waals surface area contributed by atoms with Crippen LogP contribution in [0.25, 0.3) is 0 Å². The molecule has 1 aromatic rings. The summed E-state index contributed by atoms with van der Waals surface area (Å²) in [7, 11) is 0. The van der Waals surface area contributed by atoms with E-state index in [4.69, 9.17) is 5.73 Å². The molecule has 1 saturated heterocycles. The Morgan fingerprint density at radius 1 is 1.50 bits per heavy atom. The first-order chi connectivity index (χ1) is 8.56. The van der Waals surface area contributed by atoms with E-state index in [1.807, 2.05) is 0 Å². The van der Waals surface area contributed by atoms with Crippen LogP contribution in [-0.4, -0.2) is 24.4 Å². The van der Waals surface area contributed by atoms with Gasteiger partial charge in [0.05, 0.1) is 0 Å². The third-order valence-electron chi connectivity index (χ3n) is 2.86. The van der Waals surface area contributed by atoms with E-state index in [9.17, 15) is 9.59 Å². The molecule has 1 unspecified atom stereocenters. The number of nitrogen functional groups attached to an aromatic ring is 1. The van der Waals surface area contributed by atoms with Crippen molar-refractivity contribution in [3.05, 3.63) is 28.2 Å². The molecule has 4 N–H and O–H groups in total. The molecule has 1 fully saturated rings. The summed E-state index contributed by atoms with van der Waals surface area (Å²) < 4.78 is 0.701. The first kappa shape index (κ1) is 12.9. The molecular weight excluding hydrogens is 298 g/mol. The standard InChI is InChI=1S/C12H14BrN3O2/c13-9-5-7(1-3-10(9)14)12(18)16-8-2-4-11(17)15-6-8/h1,3,5,8H,2,4,6,14H2,(H,15,17)(H,16,18). The molecule has 0 spiro atoms. The number of carbonyl (C=O) groups is 2. The molecule has 0 saturated carbocycles. The largest absolute Gasteiger partial charge is 0.398 e. The Labute approximate surface area is 113 Å². The molecule has 0 radical (unpaired) electrons. The van der Waals surface area contributed by atoms with Gasteiger partial charge in [0.15, 0.2) is 0 Å². The van der Waals surface area contributed by atoms with Gasteiger partial charge in [-0.05, 0) is 40.5 Å². The lowest BCUT2D eigenvalue weighted by Gasteiger charge is -2.23. The van der Waals surface area contributed by atoms with E-state index in [0.717, 1.165) is 0 Å². The van der Waals surface area contributed by atoms with Gasteiger partial charge in [0.2, 0.25) is 5.91 Å². The summed E-state index contributed by atoms with van der Waals surface area (Å²) in [4.78, 5) is 23.0. The summed E-state index contributed by atoms with van der Waals surface area (Å²) in [6.45, 7) is 0.487. The van der Waals surface area contributed by atoms with Crippen molar-refractivity contribution in [2.75, 3.05) is 12.3 Å². The highest BCUT2D eigenvalue weighted by Crippen LogP contribution is 2.20. The normalized spacial score (nSPS) is 19.2. The predicted octanol–water partition coefficient (Wildman–Crippen LogP) is 1.04. The van der Waals surface area contributed by atoms with Crippen molar-refractivity contribution in [1.29, 1.82) is 0 Å². The number of anilines is 1. The number of amides is 2. The van der Waals surface area contributed by atoms with Gasteiger partial charge in [-0.1, -0.05) is 0 Å². The first-order valence-electron chi connectivity index (χ1n) is 5.69. The van der Waals surface area contributed by atoms with E-state index < -0.39 is 0 Å². The van der Waals surface area contributed by atoms with Crippen LogP contribution in [0.5, 0.6) is 0 Å². The lowest BCUT2D eigenvalue weighted by atomic mass is 10.1. The van der Waals surface area contributed by atoms with E-state index in [0.29, 0.717) is 35.1 Å². The lowest BCUT2D eigenvalue weighted by Crippen LogP contribution is -2.47. The molecule has 1 heterocycles. The first-order valence-corrected chi connectivity index (χ1v) is 6.48. The Balaban J connectivity index is 1.99. The van der Waals surface area contributed by atoms with E-state index in [-0.39, 0.29) is 17.9 Å². The molecule has 1 aromatic carbocycles. The molecule has 0 aromatic heterocycles. The topological polar surface area (TPSA) is 84.2 Å². The van der Waals surface area contributed by atoms with Crippen molar-refractivity contribution < 1.29 is 9.59 Å².